The second kappa shape index (κ2) is 10.1. The summed E-state index contributed by atoms with van der Waals surface area (Å²) in [6, 6.07) is 9.96. The van der Waals surface area contributed by atoms with Crippen LogP contribution in [0.3, 0.4) is 0 Å². The van der Waals surface area contributed by atoms with Gasteiger partial charge >= 0.3 is 0 Å². The lowest BCUT2D eigenvalue weighted by Crippen LogP contribution is -2.25. The molecule has 0 bridgehead atoms. The van der Waals surface area contributed by atoms with E-state index in [0.29, 0.717) is 11.8 Å². The van der Waals surface area contributed by atoms with Crippen molar-refractivity contribution in [2.75, 3.05) is 25.0 Å². The molecule has 3 rings (SSSR count). The van der Waals surface area contributed by atoms with Crippen molar-refractivity contribution < 1.29 is 4.79 Å². The molecule has 1 saturated carbocycles. The minimum Gasteiger partial charge on any atom is -0.360 e. The number of hydrogen-bond donors (Lipinski definition) is 1. The van der Waals surface area contributed by atoms with Gasteiger partial charge in [-0.25, -0.2) is 9.97 Å². The zero-order chi connectivity index (χ0) is 20.8. The number of thioether (sulfide) groups is 1. The van der Waals surface area contributed by atoms with Crippen molar-refractivity contribution >= 4 is 23.5 Å². The third kappa shape index (κ3) is 6.46. The number of aromatic nitrogens is 2. The van der Waals surface area contributed by atoms with E-state index in [-0.39, 0.29) is 5.91 Å². The van der Waals surface area contributed by atoms with E-state index in [1.807, 2.05) is 18.2 Å². The molecule has 29 heavy (non-hydrogen) atoms. The average molecular weight is 413 g/mol. The molecule has 6 heteroatoms. The van der Waals surface area contributed by atoms with Crippen LogP contribution in [0.1, 0.15) is 67.6 Å². The lowest BCUT2D eigenvalue weighted by atomic mass is 10.1. The Kier molecular flexibility index (Phi) is 7.53. The third-order valence-corrected chi connectivity index (χ3v) is 5.98. The maximum absolute atomic E-state index is 12.4. The molecule has 2 aromatic rings. The highest BCUT2D eigenvalue weighted by Gasteiger charge is 2.21. The summed E-state index contributed by atoms with van der Waals surface area (Å²) in [6.45, 7) is 8.25. The molecular formula is C23H32N4OS. The van der Waals surface area contributed by atoms with Crippen molar-refractivity contribution in [3.8, 4) is 0 Å². The summed E-state index contributed by atoms with van der Waals surface area (Å²) in [7, 11) is 2.08. The van der Waals surface area contributed by atoms with Gasteiger partial charge in [0.25, 0.3) is 5.91 Å². The van der Waals surface area contributed by atoms with Gasteiger partial charge < -0.3 is 10.2 Å². The second-order valence-electron chi connectivity index (χ2n) is 8.15. The fraction of sp³-hybridized carbons (Fsp3) is 0.522. The fourth-order valence-corrected chi connectivity index (χ4v) is 3.85. The van der Waals surface area contributed by atoms with E-state index < -0.39 is 0 Å². The Hall–Kier alpha value is -2.08. The van der Waals surface area contributed by atoms with Gasteiger partial charge in [0.1, 0.15) is 5.82 Å². The van der Waals surface area contributed by atoms with E-state index in [2.05, 4.69) is 50.2 Å². The molecule has 1 heterocycles. The zero-order valence-corrected chi connectivity index (χ0v) is 18.8. The molecule has 0 atom stereocenters. The number of carbonyl (C=O) groups excluding carboxylic acids is 1. The summed E-state index contributed by atoms with van der Waals surface area (Å²) in [5.74, 6) is 2.77. The topological polar surface area (TPSA) is 58.1 Å². The van der Waals surface area contributed by atoms with Crippen LogP contribution in [0, 0.1) is 5.92 Å². The minimum atomic E-state index is 0.0188. The summed E-state index contributed by atoms with van der Waals surface area (Å²) in [5.41, 5.74) is 2.90. The predicted molar refractivity (Wildman–Crippen MR) is 121 cm³/mol. The number of carbonyl (C=O) groups is 1. The maximum Gasteiger partial charge on any atom is 0.251 e. The molecule has 1 aliphatic carbocycles. The van der Waals surface area contributed by atoms with Crippen LogP contribution in [-0.4, -0.2) is 36.0 Å². The average Bonchev–Trinajstić information content (AvgIpc) is 3.55. The van der Waals surface area contributed by atoms with Crippen molar-refractivity contribution in [1.29, 1.82) is 0 Å². The number of nitrogens with zero attached hydrogens (tertiary/aromatic N) is 3. The summed E-state index contributed by atoms with van der Waals surface area (Å²) in [5, 5.41) is 3.83. The molecule has 1 amide bonds. The van der Waals surface area contributed by atoms with Gasteiger partial charge in [-0.15, -0.1) is 0 Å². The van der Waals surface area contributed by atoms with Gasteiger partial charge in [-0.3, -0.25) is 4.79 Å². The Morgan fingerprint density at radius 2 is 2.07 bits per heavy atom. The van der Waals surface area contributed by atoms with Crippen LogP contribution in [0.25, 0.3) is 0 Å². The minimum absolute atomic E-state index is 0.0188. The number of nitrogens with one attached hydrogen (secondary N) is 1. The first-order chi connectivity index (χ1) is 14.0. The first-order valence-corrected chi connectivity index (χ1v) is 11.5. The molecular weight excluding hydrogens is 380 g/mol. The van der Waals surface area contributed by atoms with E-state index >= 15 is 0 Å². The van der Waals surface area contributed by atoms with Crippen molar-refractivity contribution in [3.05, 3.63) is 47.2 Å². The highest BCUT2D eigenvalue weighted by atomic mass is 32.2. The lowest BCUT2D eigenvalue weighted by Gasteiger charge is -2.19. The summed E-state index contributed by atoms with van der Waals surface area (Å²) < 4.78 is 0. The first-order valence-electron chi connectivity index (χ1n) is 10.6. The Morgan fingerprint density at radius 1 is 1.28 bits per heavy atom. The normalized spacial score (nSPS) is 13.6. The van der Waals surface area contributed by atoms with Crippen LogP contribution in [0.5, 0.6) is 0 Å². The van der Waals surface area contributed by atoms with Crippen LogP contribution in [-0.2, 0) is 5.75 Å². The standard InChI is InChI=1S/C23H32N4OS/c1-5-11-27(4)21-13-20(16(2)3)25-23(26-21)29-15-18-7-6-8-19(12-18)22(28)24-14-17-9-10-17/h6-8,12-13,16-17H,5,9-11,14-15H2,1-4H3,(H,24,28). The molecule has 0 aliphatic heterocycles. The maximum atomic E-state index is 12.4. The Morgan fingerprint density at radius 3 is 2.76 bits per heavy atom. The Labute approximate surface area is 178 Å². The summed E-state index contributed by atoms with van der Waals surface area (Å²) in [4.78, 5) is 24.0. The van der Waals surface area contributed by atoms with Gasteiger partial charge in [0.15, 0.2) is 5.16 Å². The van der Waals surface area contributed by atoms with Gasteiger partial charge in [0.05, 0.1) is 0 Å². The molecule has 0 unspecified atom stereocenters. The van der Waals surface area contributed by atoms with Gasteiger partial charge in [-0.2, -0.15) is 0 Å². The van der Waals surface area contributed by atoms with Crippen molar-refractivity contribution in [2.45, 2.75) is 56.9 Å². The SMILES string of the molecule is CCCN(C)c1cc(C(C)C)nc(SCc2cccc(C(=O)NCC3CC3)c2)n1. The Bertz CT molecular complexity index is 835. The van der Waals surface area contributed by atoms with Crippen LogP contribution in [0.15, 0.2) is 35.5 Å². The van der Waals surface area contributed by atoms with E-state index in [1.54, 1.807) is 11.8 Å². The molecule has 1 N–H and O–H groups in total. The number of amides is 1. The zero-order valence-electron chi connectivity index (χ0n) is 17.9. The number of rotatable bonds is 10. The molecule has 1 aromatic carbocycles. The smallest absolute Gasteiger partial charge is 0.251 e. The molecule has 0 spiro atoms. The van der Waals surface area contributed by atoms with Crippen molar-refractivity contribution in [1.82, 2.24) is 15.3 Å². The van der Waals surface area contributed by atoms with Crippen LogP contribution in [0.2, 0.25) is 0 Å². The molecule has 1 aromatic heterocycles. The second-order valence-corrected chi connectivity index (χ2v) is 9.09. The molecule has 0 radical (unpaired) electrons. The largest absolute Gasteiger partial charge is 0.360 e. The first kappa shape index (κ1) is 21.6. The van der Waals surface area contributed by atoms with E-state index in [1.165, 1.54) is 12.8 Å². The lowest BCUT2D eigenvalue weighted by molar-refractivity contribution is 0.0951. The number of hydrogen-bond acceptors (Lipinski definition) is 5. The van der Waals surface area contributed by atoms with Crippen LogP contribution < -0.4 is 10.2 Å². The van der Waals surface area contributed by atoms with Crippen molar-refractivity contribution in [2.24, 2.45) is 5.92 Å². The predicted octanol–water partition coefficient (Wildman–Crippen LogP) is 4.88. The number of benzene rings is 1. The van der Waals surface area contributed by atoms with Crippen LogP contribution >= 0.6 is 11.8 Å². The van der Waals surface area contributed by atoms with E-state index in [4.69, 9.17) is 9.97 Å². The Balaban J connectivity index is 1.68. The quantitative estimate of drug-likeness (QED) is 0.445. The molecule has 0 saturated heterocycles. The van der Waals surface area contributed by atoms with Crippen LogP contribution in [0.4, 0.5) is 5.82 Å². The fourth-order valence-electron chi connectivity index (χ4n) is 3.05. The van der Waals surface area contributed by atoms with Gasteiger partial charge in [0.2, 0.25) is 0 Å². The molecule has 1 aliphatic rings. The van der Waals surface area contributed by atoms with E-state index in [0.717, 1.165) is 53.1 Å². The summed E-state index contributed by atoms with van der Waals surface area (Å²) in [6.07, 6.45) is 3.55. The number of anilines is 1. The molecule has 1 fully saturated rings. The van der Waals surface area contributed by atoms with Gasteiger partial charge in [-0.1, -0.05) is 44.7 Å². The monoisotopic (exact) mass is 412 g/mol. The summed E-state index contributed by atoms with van der Waals surface area (Å²) >= 11 is 1.62. The molecule has 5 nitrogen and oxygen atoms in total. The van der Waals surface area contributed by atoms with Gasteiger partial charge in [0, 0.05) is 43.2 Å². The highest BCUT2D eigenvalue weighted by molar-refractivity contribution is 7.98. The third-order valence-electron chi connectivity index (χ3n) is 5.06. The van der Waals surface area contributed by atoms with E-state index in [9.17, 15) is 4.79 Å². The molecule has 156 valence electrons. The highest BCUT2D eigenvalue weighted by Crippen LogP contribution is 2.28. The van der Waals surface area contributed by atoms with Gasteiger partial charge in [-0.05, 0) is 48.8 Å². The van der Waals surface area contributed by atoms with Crippen molar-refractivity contribution in [3.63, 3.8) is 0 Å².